The standard InChI is InChI=1S/C26H29N3O3/c1-3-19(2)32-24-15-13-22(14-16-24)27-18-25(30)29-23-11-9-21(10-12-23)26(31)28-17-20-7-5-4-6-8-20/h4-16,19,27H,3,17-18H2,1-2H3,(H,28,31)(H,29,30). The molecule has 6 nitrogen and oxygen atoms in total. The summed E-state index contributed by atoms with van der Waals surface area (Å²) in [5.41, 5.74) is 3.04. The van der Waals surface area contributed by atoms with Crippen LogP contribution in [-0.4, -0.2) is 24.5 Å². The third-order valence-electron chi connectivity index (χ3n) is 4.95. The minimum absolute atomic E-state index is 0.130. The zero-order valence-electron chi connectivity index (χ0n) is 18.4. The summed E-state index contributed by atoms with van der Waals surface area (Å²) in [5.74, 6) is 0.475. The van der Waals surface area contributed by atoms with Gasteiger partial charge in [0.2, 0.25) is 5.91 Å². The van der Waals surface area contributed by atoms with E-state index in [0.717, 1.165) is 23.4 Å². The molecule has 0 radical (unpaired) electrons. The maximum Gasteiger partial charge on any atom is 0.251 e. The summed E-state index contributed by atoms with van der Waals surface area (Å²) in [6.07, 6.45) is 1.11. The SMILES string of the molecule is CCC(C)Oc1ccc(NCC(=O)Nc2ccc(C(=O)NCc3ccccc3)cc2)cc1. The van der Waals surface area contributed by atoms with E-state index in [-0.39, 0.29) is 24.5 Å². The first-order valence-corrected chi connectivity index (χ1v) is 10.8. The largest absolute Gasteiger partial charge is 0.491 e. The van der Waals surface area contributed by atoms with Gasteiger partial charge in [-0.25, -0.2) is 0 Å². The van der Waals surface area contributed by atoms with Crippen molar-refractivity contribution in [1.82, 2.24) is 5.32 Å². The monoisotopic (exact) mass is 431 g/mol. The number of anilines is 2. The number of carbonyl (C=O) groups is 2. The van der Waals surface area contributed by atoms with Gasteiger partial charge in [-0.3, -0.25) is 9.59 Å². The average molecular weight is 432 g/mol. The summed E-state index contributed by atoms with van der Waals surface area (Å²) in [5, 5.41) is 8.80. The van der Waals surface area contributed by atoms with E-state index in [1.165, 1.54) is 0 Å². The van der Waals surface area contributed by atoms with Crippen LogP contribution in [0.5, 0.6) is 5.75 Å². The fourth-order valence-corrected chi connectivity index (χ4v) is 2.94. The molecule has 2 amide bonds. The normalized spacial score (nSPS) is 11.3. The molecule has 0 aromatic heterocycles. The first-order valence-electron chi connectivity index (χ1n) is 10.8. The number of amides is 2. The molecular weight excluding hydrogens is 402 g/mol. The van der Waals surface area contributed by atoms with Crippen molar-refractivity contribution in [3.8, 4) is 5.75 Å². The molecule has 3 rings (SSSR count). The Labute approximate surface area is 189 Å². The summed E-state index contributed by atoms with van der Waals surface area (Å²) in [6.45, 7) is 4.70. The Morgan fingerprint density at radius 3 is 2.19 bits per heavy atom. The summed E-state index contributed by atoms with van der Waals surface area (Å²) in [4.78, 5) is 24.5. The molecule has 1 atom stereocenters. The molecule has 0 aliphatic heterocycles. The zero-order valence-corrected chi connectivity index (χ0v) is 18.4. The van der Waals surface area contributed by atoms with E-state index < -0.39 is 0 Å². The zero-order chi connectivity index (χ0) is 22.8. The lowest BCUT2D eigenvalue weighted by molar-refractivity contribution is -0.114. The van der Waals surface area contributed by atoms with E-state index in [0.29, 0.717) is 17.8 Å². The molecule has 0 bridgehead atoms. The summed E-state index contributed by atoms with van der Waals surface area (Å²) >= 11 is 0. The van der Waals surface area contributed by atoms with Gasteiger partial charge in [-0.05, 0) is 67.4 Å². The molecule has 32 heavy (non-hydrogen) atoms. The first kappa shape index (κ1) is 22.9. The number of ether oxygens (including phenoxy) is 1. The highest BCUT2D eigenvalue weighted by molar-refractivity contribution is 5.96. The lowest BCUT2D eigenvalue weighted by Gasteiger charge is -2.13. The van der Waals surface area contributed by atoms with Crippen molar-refractivity contribution in [1.29, 1.82) is 0 Å². The van der Waals surface area contributed by atoms with Gasteiger partial charge in [-0.2, -0.15) is 0 Å². The predicted molar refractivity (Wildman–Crippen MR) is 128 cm³/mol. The van der Waals surface area contributed by atoms with Crippen molar-refractivity contribution in [2.45, 2.75) is 32.9 Å². The van der Waals surface area contributed by atoms with E-state index in [2.05, 4.69) is 22.9 Å². The van der Waals surface area contributed by atoms with Gasteiger partial charge in [-0.15, -0.1) is 0 Å². The first-order chi connectivity index (χ1) is 15.5. The molecule has 166 valence electrons. The van der Waals surface area contributed by atoms with Crippen LogP contribution in [0.25, 0.3) is 0 Å². The highest BCUT2D eigenvalue weighted by atomic mass is 16.5. The van der Waals surface area contributed by atoms with E-state index in [4.69, 9.17) is 4.74 Å². The van der Waals surface area contributed by atoms with Crippen molar-refractivity contribution in [2.24, 2.45) is 0 Å². The Morgan fingerprint density at radius 2 is 1.53 bits per heavy atom. The second-order valence-electron chi connectivity index (χ2n) is 7.51. The molecule has 0 heterocycles. The van der Waals surface area contributed by atoms with Crippen molar-refractivity contribution < 1.29 is 14.3 Å². The van der Waals surface area contributed by atoms with Gasteiger partial charge in [0.05, 0.1) is 12.6 Å². The summed E-state index contributed by atoms with van der Waals surface area (Å²) < 4.78 is 5.75. The topological polar surface area (TPSA) is 79.5 Å². The van der Waals surface area contributed by atoms with Gasteiger partial charge < -0.3 is 20.7 Å². The van der Waals surface area contributed by atoms with Gasteiger partial charge in [-0.1, -0.05) is 37.3 Å². The smallest absolute Gasteiger partial charge is 0.251 e. The minimum Gasteiger partial charge on any atom is -0.491 e. The molecule has 3 aromatic rings. The number of nitrogens with one attached hydrogen (secondary N) is 3. The average Bonchev–Trinajstić information content (AvgIpc) is 2.83. The minimum atomic E-state index is -0.175. The molecule has 0 saturated carbocycles. The quantitative estimate of drug-likeness (QED) is 0.429. The van der Waals surface area contributed by atoms with Crippen LogP contribution in [-0.2, 0) is 11.3 Å². The van der Waals surface area contributed by atoms with Crippen LogP contribution in [0.2, 0.25) is 0 Å². The van der Waals surface area contributed by atoms with Gasteiger partial charge in [0.15, 0.2) is 0 Å². The van der Waals surface area contributed by atoms with E-state index >= 15 is 0 Å². The number of rotatable bonds is 10. The van der Waals surface area contributed by atoms with Crippen molar-refractivity contribution >= 4 is 23.2 Å². The Bertz CT molecular complexity index is 1000. The molecule has 0 aliphatic carbocycles. The molecule has 0 aliphatic rings. The molecule has 0 spiro atoms. The van der Waals surface area contributed by atoms with Crippen LogP contribution in [0.4, 0.5) is 11.4 Å². The Balaban J connectivity index is 1.43. The van der Waals surface area contributed by atoms with Crippen molar-refractivity contribution in [3.05, 3.63) is 90.0 Å². The van der Waals surface area contributed by atoms with Crippen LogP contribution in [0, 0.1) is 0 Å². The predicted octanol–water partition coefficient (Wildman–Crippen LogP) is 4.84. The Kier molecular flexibility index (Phi) is 8.26. The molecule has 6 heteroatoms. The van der Waals surface area contributed by atoms with Gasteiger partial charge in [0.1, 0.15) is 5.75 Å². The third-order valence-corrected chi connectivity index (χ3v) is 4.95. The highest BCUT2D eigenvalue weighted by Gasteiger charge is 2.07. The molecule has 0 saturated heterocycles. The molecular formula is C26H29N3O3. The van der Waals surface area contributed by atoms with Crippen LogP contribution in [0.15, 0.2) is 78.9 Å². The number of carbonyl (C=O) groups excluding carboxylic acids is 2. The fourth-order valence-electron chi connectivity index (χ4n) is 2.94. The Morgan fingerprint density at radius 1 is 0.875 bits per heavy atom. The number of hydrogen-bond donors (Lipinski definition) is 3. The summed E-state index contributed by atoms with van der Waals surface area (Å²) in [6, 6.07) is 24.1. The van der Waals surface area contributed by atoms with E-state index in [1.54, 1.807) is 24.3 Å². The number of hydrogen-bond acceptors (Lipinski definition) is 4. The molecule has 1 unspecified atom stereocenters. The summed E-state index contributed by atoms with van der Waals surface area (Å²) in [7, 11) is 0. The second-order valence-corrected chi connectivity index (χ2v) is 7.51. The lowest BCUT2D eigenvalue weighted by atomic mass is 10.1. The van der Waals surface area contributed by atoms with Crippen LogP contribution in [0.3, 0.4) is 0 Å². The van der Waals surface area contributed by atoms with E-state index in [1.807, 2.05) is 61.5 Å². The van der Waals surface area contributed by atoms with Crippen LogP contribution < -0.4 is 20.7 Å². The van der Waals surface area contributed by atoms with Crippen molar-refractivity contribution in [3.63, 3.8) is 0 Å². The van der Waals surface area contributed by atoms with Gasteiger partial charge >= 0.3 is 0 Å². The molecule has 3 aromatic carbocycles. The van der Waals surface area contributed by atoms with Crippen LogP contribution >= 0.6 is 0 Å². The maximum absolute atomic E-state index is 12.3. The highest BCUT2D eigenvalue weighted by Crippen LogP contribution is 2.17. The Hall–Kier alpha value is -3.80. The fraction of sp³-hybridized carbons (Fsp3) is 0.231. The van der Waals surface area contributed by atoms with Crippen LogP contribution in [0.1, 0.15) is 36.2 Å². The van der Waals surface area contributed by atoms with E-state index in [9.17, 15) is 9.59 Å². The number of benzene rings is 3. The maximum atomic E-state index is 12.3. The molecule has 0 fully saturated rings. The van der Waals surface area contributed by atoms with Crippen molar-refractivity contribution in [2.75, 3.05) is 17.2 Å². The molecule has 3 N–H and O–H groups in total. The lowest BCUT2D eigenvalue weighted by Crippen LogP contribution is -2.23. The van der Waals surface area contributed by atoms with Gasteiger partial charge in [0.25, 0.3) is 5.91 Å². The third kappa shape index (κ3) is 7.16. The van der Waals surface area contributed by atoms with Gasteiger partial charge in [0, 0.05) is 23.5 Å². The second kappa shape index (κ2) is 11.6.